The number of rotatable bonds is 7. The maximum Gasteiger partial charge on any atom is 0.253 e. The molecular weight excluding hydrogens is 494 g/mol. The fourth-order valence-corrected chi connectivity index (χ4v) is 5.83. The first-order valence-corrected chi connectivity index (χ1v) is 13.7. The van der Waals surface area contributed by atoms with Crippen molar-refractivity contribution in [3.8, 4) is 5.75 Å². The predicted molar refractivity (Wildman–Crippen MR) is 149 cm³/mol. The maximum atomic E-state index is 13.6. The van der Waals surface area contributed by atoms with Crippen molar-refractivity contribution in [2.24, 2.45) is 0 Å². The highest BCUT2D eigenvalue weighted by molar-refractivity contribution is 5.81. The van der Waals surface area contributed by atoms with Crippen LogP contribution in [-0.2, 0) is 11.3 Å². The topological polar surface area (TPSA) is 101 Å². The van der Waals surface area contributed by atoms with Gasteiger partial charge in [-0.3, -0.25) is 9.69 Å². The lowest BCUT2D eigenvalue weighted by atomic mass is 10.00. The molecule has 0 spiro atoms. The summed E-state index contributed by atoms with van der Waals surface area (Å²) in [6.45, 7) is 8.53. The number of hydrogen-bond donors (Lipinski definition) is 1. The first-order valence-electron chi connectivity index (χ1n) is 13.7. The number of pyridine rings is 1. The summed E-state index contributed by atoms with van der Waals surface area (Å²) in [5, 5.41) is 13.9. The summed E-state index contributed by atoms with van der Waals surface area (Å²) in [4.78, 5) is 21.4. The highest BCUT2D eigenvalue weighted by Crippen LogP contribution is 2.32. The number of aromatic amines is 1. The number of aryl methyl sites for hydroxylation is 2. The highest BCUT2D eigenvalue weighted by Gasteiger charge is 2.34. The summed E-state index contributed by atoms with van der Waals surface area (Å²) in [5.41, 5.74) is 4.79. The van der Waals surface area contributed by atoms with E-state index in [1.807, 2.05) is 35.0 Å². The minimum atomic E-state index is -0.393. The van der Waals surface area contributed by atoms with Crippen molar-refractivity contribution in [2.45, 2.75) is 45.4 Å². The fourth-order valence-electron chi connectivity index (χ4n) is 5.83. The third-order valence-corrected chi connectivity index (χ3v) is 8.09. The van der Waals surface area contributed by atoms with Crippen LogP contribution in [0.25, 0.3) is 10.9 Å². The molecule has 2 saturated heterocycles. The van der Waals surface area contributed by atoms with Gasteiger partial charge in [-0.15, -0.1) is 5.10 Å². The zero-order valence-corrected chi connectivity index (χ0v) is 22.8. The molecular formula is C29H35N7O3. The van der Waals surface area contributed by atoms with Gasteiger partial charge < -0.3 is 19.4 Å². The fraction of sp³-hybridized carbons (Fsp3) is 0.448. The summed E-state index contributed by atoms with van der Waals surface area (Å²) in [6, 6.07) is 13.9. The van der Waals surface area contributed by atoms with E-state index in [0.717, 1.165) is 73.5 Å². The number of fused-ring (bicyclic) bond motifs is 1. The Morgan fingerprint density at radius 1 is 1.10 bits per heavy atom. The van der Waals surface area contributed by atoms with Gasteiger partial charge in [0, 0.05) is 43.9 Å². The highest BCUT2D eigenvalue weighted by atomic mass is 16.5. The van der Waals surface area contributed by atoms with Gasteiger partial charge in [-0.25, -0.2) is 4.68 Å². The number of piperazine rings is 1. The maximum absolute atomic E-state index is 13.6. The number of tetrazole rings is 1. The Kier molecular flexibility index (Phi) is 7.05. The van der Waals surface area contributed by atoms with Gasteiger partial charge in [0.1, 0.15) is 11.8 Å². The number of aromatic nitrogens is 5. The van der Waals surface area contributed by atoms with Crippen LogP contribution < -0.4 is 15.2 Å². The number of para-hydroxylation sites is 2. The Morgan fingerprint density at radius 3 is 2.67 bits per heavy atom. The van der Waals surface area contributed by atoms with Crippen LogP contribution in [0.4, 0.5) is 5.69 Å². The molecule has 6 rings (SSSR count). The van der Waals surface area contributed by atoms with Crippen molar-refractivity contribution in [3.05, 3.63) is 75.3 Å². The van der Waals surface area contributed by atoms with Crippen molar-refractivity contribution < 1.29 is 9.47 Å². The van der Waals surface area contributed by atoms with Gasteiger partial charge in [-0.05, 0) is 84.0 Å². The van der Waals surface area contributed by atoms with Crippen LogP contribution >= 0.6 is 0 Å². The molecule has 2 fully saturated rings. The van der Waals surface area contributed by atoms with E-state index < -0.39 is 6.04 Å². The van der Waals surface area contributed by atoms with Crippen LogP contribution in [-0.4, -0.2) is 76.1 Å². The molecule has 2 aromatic carbocycles. The van der Waals surface area contributed by atoms with Crippen molar-refractivity contribution in [1.29, 1.82) is 0 Å². The zero-order valence-electron chi connectivity index (χ0n) is 22.8. The van der Waals surface area contributed by atoms with E-state index in [4.69, 9.17) is 9.47 Å². The summed E-state index contributed by atoms with van der Waals surface area (Å²) in [6.07, 6.45) is 2.10. The second-order valence-corrected chi connectivity index (χ2v) is 10.5. The van der Waals surface area contributed by atoms with Crippen LogP contribution in [0.1, 0.15) is 41.4 Å². The number of hydrogen-bond acceptors (Lipinski definition) is 8. The average Bonchev–Trinajstić information content (AvgIpc) is 3.63. The monoisotopic (exact) mass is 529 g/mol. The summed E-state index contributed by atoms with van der Waals surface area (Å²) in [7, 11) is 1.70. The van der Waals surface area contributed by atoms with E-state index in [9.17, 15) is 4.79 Å². The number of methoxy groups -OCH3 is 1. The lowest BCUT2D eigenvalue weighted by Crippen LogP contribution is -2.49. The molecule has 2 aliphatic heterocycles. The molecule has 2 atom stereocenters. The molecule has 10 nitrogen and oxygen atoms in total. The molecule has 0 saturated carbocycles. The normalized spacial score (nSPS) is 19.1. The average molecular weight is 530 g/mol. The number of anilines is 1. The predicted octanol–water partition coefficient (Wildman–Crippen LogP) is 3.23. The summed E-state index contributed by atoms with van der Waals surface area (Å²) >= 11 is 0. The molecule has 2 aromatic heterocycles. The molecule has 4 heterocycles. The molecule has 1 N–H and O–H groups in total. The van der Waals surface area contributed by atoms with Gasteiger partial charge in [0.05, 0.1) is 25.4 Å². The Hall–Kier alpha value is -3.76. The van der Waals surface area contributed by atoms with E-state index >= 15 is 0 Å². The zero-order chi connectivity index (χ0) is 26.9. The van der Waals surface area contributed by atoms with Crippen LogP contribution in [0.15, 0.2) is 47.3 Å². The second-order valence-electron chi connectivity index (χ2n) is 10.5. The van der Waals surface area contributed by atoms with Crippen LogP contribution in [0.5, 0.6) is 5.75 Å². The third-order valence-electron chi connectivity index (χ3n) is 8.09. The first kappa shape index (κ1) is 25.5. The second kappa shape index (κ2) is 10.8. The molecule has 10 heteroatoms. The van der Waals surface area contributed by atoms with Crippen molar-refractivity contribution >= 4 is 16.6 Å². The van der Waals surface area contributed by atoms with E-state index in [-0.39, 0.29) is 11.7 Å². The Labute approximate surface area is 227 Å². The van der Waals surface area contributed by atoms with E-state index in [1.54, 1.807) is 7.11 Å². The molecule has 2 aliphatic rings. The minimum Gasteiger partial charge on any atom is -0.495 e. The van der Waals surface area contributed by atoms with Crippen molar-refractivity contribution in [1.82, 2.24) is 30.1 Å². The van der Waals surface area contributed by atoms with E-state index in [2.05, 4.69) is 56.3 Å². The Morgan fingerprint density at radius 2 is 1.90 bits per heavy atom. The van der Waals surface area contributed by atoms with Gasteiger partial charge >= 0.3 is 0 Å². The molecule has 0 radical (unpaired) electrons. The molecule has 0 amide bonds. The molecule has 204 valence electrons. The standard InChI is InChI=1S/C29H35N7O3/c1-19-15-21-17-23(29(37)30-24(21)16-20(19)2)27(28-31-32-33-36(28)18-22-7-6-14-39-22)35-12-10-34(11-13-35)25-8-4-5-9-26(25)38-3/h4-5,8-9,15-17,22,27H,6-7,10-14,18H2,1-3H3,(H,30,37)/t22-,27+/m0/s1. The molecule has 39 heavy (non-hydrogen) atoms. The van der Waals surface area contributed by atoms with Crippen molar-refractivity contribution in [3.63, 3.8) is 0 Å². The van der Waals surface area contributed by atoms with Gasteiger partial charge in [-0.1, -0.05) is 12.1 Å². The quantitative estimate of drug-likeness (QED) is 0.390. The van der Waals surface area contributed by atoms with E-state index in [0.29, 0.717) is 17.9 Å². The third kappa shape index (κ3) is 5.02. The SMILES string of the molecule is COc1ccccc1N1CCN([C@H](c2cc3cc(C)c(C)cc3[nH]c2=O)c2nnnn2C[C@@H]2CCCO2)CC1. The molecule has 0 unspecified atom stereocenters. The van der Waals surface area contributed by atoms with Gasteiger partial charge in [0.2, 0.25) is 0 Å². The largest absolute Gasteiger partial charge is 0.495 e. The lowest BCUT2D eigenvalue weighted by molar-refractivity contribution is 0.0906. The smallest absolute Gasteiger partial charge is 0.253 e. The Balaban J connectivity index is 1.37. The molecule has 4 aromatic rings. The van der Waals surface area contributed by atoms with Crippen molar-refractivity contribution in [2.75, 3.05) is 44.8 Å². The number of H-pyrrole nitrogens is 1. The van der Waals surface area contributed by atoms with Gasteiger partial charge in [-0.2, -0.15) is 0 Å². The van der Waals surface area contributed by atoms with E-state index in [1.165, 1.54) is 5.56 Å². The number of benzene rings is 2. The lowest BCUT2D eigenvalue weighted by Gasteiger charge is -2.40. The summed E-state index contributed by atoms with van der Waals surface area (Å²) in [5.74, 6) is 1.53. The Bertz CT molecular complexity index is 1520. The number of ether oxygens (including phenoxy) is 2. The summed E-state index contributed by atoms with van der Waals surface area (Å²) < 4.78 is 13.3. The number of nitrogens with one attached hydrogen (secondary N) is 1. The minimum absolute atomic E-state index is 0.0794. The van der Waals surface area contributed by atoms with Crippen LogP contribution in [0, 0.1) is 13.8 Å². The first-order chi connectivity index (χ1) is 19.0. The van der Waals surface area contributed by atoms with Gasteiger partial charge in [0.15, 0.2) is 5.82 Å². The van der Waals surface area contributed by atoms with Crippen LogP contribution in [0.3, 0.4) is 0 Å². The van der Waals surface area contributed by atoms with Gasteiger partial charge in [0.25, 0.3) is 5.56 Å². The molecule has 0 aliphatic carbocycles. The van der Waals surface area contributed by atoms with Crippen LogP contribution in [0.2, 0.25) is 0 Å². The molecule has 0 bridgehead atoms. The number of nitrogens with zero attached hydrogens (tertiary/aromatic N) is 6.